The molecule has 32 heavy (non-hydrogen) atoms. The van der Waals surface area contributed by atoms with Crippen molar-refractivity contribution in [3.8, 4) is 5.75 Å². The van der Waals surface area contributed by atoms with Crippen molar-refractivity contribution in [1.29, 1.82) is 0 Å². The topological polar surface area (TPSA) is 66.9 Å². The number of hydrogen-bond donors (Lipinski definition) is 0. The maximum Gasteiger partial charge on any atom is 0.257 e. The van der Waals surface area contributed by atoms with Gasteiger partial charge < -0.3 is 9.64 Å². The summed E-state index contributed by atoms with van der Waals surface area (Å²) in [5.74, 6) is 0.241. The van der Waals surface area contributed by atoms with E-state index >= 15 is 0 Å². The normalized spacial score (nSPS) is 19.1. The lowest BCUT2D eigenvalue weighted by atomic mass is 10.0. The SMILES string of the molecule is COc1ccc(C(=O)N(C2CCCC2)C2CC(=O)N(c3ccc(C(C)C)cc3)C2=O)cc1. The molecule has 4 rings (SSSR count). The maximum absolute atomic E-state index is 13.5. The van der Waals surface area contributed by atoms with Gasteiger partial charge in [0, 0.05) is 11.6 Å². The highest BCUT2D eigenvalue weighted by Gasteiger charge is 2.47. The Kier molecular flexibility index (Phi) is 6.31. The number of methoxy groups -OCH3 is 1. The Bertz CT molecular complexity index is 991. The number of imide groups is 1. The van der Waals surface area contributed by atoms with Crippen molar-refractivity contribution in [2.24, 2.45) is 0 Å². The summed E-state index contributed by atoms with van der Waals surface area (Å²) in [5, 5.41) is 0. The average molecular weight is 435 g/mol. The maximum atomic E-state index is 13.5. The molecule has 0 radical (unpaired) electrons. The second kappa shape index (κ2) is 9.15. The Morgan fingerprint density at radius 3 is 2.19 bits per heavy atom. The van der Waals surface area contributed by atoms with Crippen LogP contribution < -0.4 is 9.64 Å². The van der Waals surface area contributed by atoms with Gasteiger partial charge in [-0.3, -0.25) is 14.4 Å². The zero-order valence-electron chi connectivity index (χ0n) is 18.9. The molecule has 1 heterocycles. The van der Waals surface area contributed by atoms with Gasteiger partial charge >= 0.3 is 0 Å². The molecular formula is C26H30N2O4. The second-order valence-corrected chi connectivity index (χ2v) is 8.91. The van der Waals surface area contributed by atoms with Crippen LogP contribution in [0.5, 0.6) is 5.75 Å². The highest BCUT2D eigenvalue weighted by molar-refractivity contribution is 6.23. The molecule has 1 aliphatic heterocycles. The predicted molar refractivity (Wildman–Crippen MR) is 123 cm³/mol. The molecule has 1 saturated carbocycles. The van der Waals surface area contributed by atoms with Crippen molar-refractivity contribution in [3.63, 3.8) is 0 Å². The molecule has 2 aliphatic rings. The van der Waals surface area contributed by atoms with E-state index in [-0.39, 0.29) is 30.2 Å². The molecule has 2 aromatic rings. The van der Waals surface area contributed by atoms with Crippen LogP contribution in [0, 0.1) is 0 Å². The van der Waals surface area contributed by atoms with Gasteiger partial charge in [-0.1, -0.05) is 38.8 Å². The van der Waals surface area contributed by atoms with E-state index < -0.39 is 6.04 Å². The van der Waals surface area contributed by atoms with E-state index in [2.05, 4.69) is 13.8 Å². The summed E-state index contributed by atoms with van der Waals surface area (Å²) in [7, 11) is 1.58. The van der Waals surface area contributed by atoms with Crippen LogP contribution in [0.25, 0.3) is 0 Å². The Morgan fingerprint density at radius 2 is 1.62 bits per heavy atom. The predicted octanol–water partition coefficient (Wildman–Crippen LogP) is 4.54. The second-order valence-electron chi connectivity index (χ2n) is 8.91. The van der Waals surface area contributed by atoms with E-state index in [0.717, 1.165) is 31.2 Å². The zero-order valence-corrected chi connectivity index (χ0v) is 18.9. The molecule has 6 nitrogen and oxygen atoms in total. The summed E-state index contributed by atoms with van der Waals surface area (Å²) in [6.45, 7) is 4.20. The Morgan fingerprint density at radius 1 is 1.00 bits per heavy atom. The van der Waals surface area contributed by atoms with Crippen molar-refractivity contribution in [3.05, 3.63) is 59.7 Å². The van der Waals surface area contributed by atoms with Crippen LogP contribution >= 0.6 is 0 Å². The third-order valence-corrected chi connectivity index (χ3v) is 6.57. The summed E-state index contributed by atoms with van der Waals surface area (Å²) in [6.07, 6.45) is 3.76. The number of rotatable bonds is 6. The monoisotopic (exact) mass is 434 g/mol. The number of ether oxygens (including phenoxy) is 1. The summed E-state index contributed by atoms with van der Waals surface area (Å²) in [5.41, 5.74) is 2.21. The van der Waals surface area contributed by atoms with Gasteiger partial charge in [-0.15, -0.1) is 0 Å². The fourth-order valence-electron chi connectivity index (χ4n) is 4.74. The molecule has 1 unspecified atom stereocenters. The van der Waals surface area contributed by atoms with Crippen LogP contribution in [0.3, 0.4) is 0 Å². The number of nitrogens with zero attached hydrogens (tertiary/aromatic N) is 2. The van der Waals surface area contributed by atoms with E-state index in [0.29, 0.717) is 22.9 Å². The summed E-state index contributed by atoms with van der Waals surface area (Å²) in [6, 6.07) is 13.6. The molecule has 0 bridgehead atoms. The van der Waals surface area contributed by atoms with Crippen LogP contribution in [0.1, 0.15) is 67.8 Å². The largest absolute Gasteiger partial charge is 0.497 e. The molecule has 0 N–H and O–H groups in total. The summed E-state index contributed by atoms with van der Waals surface area (Å²) in [4.78, 5) is 42.9. The molecule has 6 heteroatoms. The Hall–Kier alpha value is -3.15. The number of carbonyl (C=O) groups is 3. The summed E-state index contributed by atoms with van der Waals surface area (Å²) >= 11 is 0. The average Bonchev–Trinajstić information content (AvgIpc) is 3.42. The van der Waals surface area contributed by atoms with Crippen molar-refractivity contribution in [2.45, 2.75) is 64.0 Å². The van der Waals surface area contributed by atoms with Crippen molar-refractivity contribution in [1.82, 2.24) is 4.90 Å². The molecule has 2 fully saturated rings. The van der Waals surface area contributed by atoms with E-state index in [9.17, 15) is 14.4 Å². The van der Waals surface area contributed by atoms with Crippen molar-refractivity contribution >= 4 is 23.4 Å². The molecule has 1 aliphatic carbocycles. The van der Waals surface area contributed by atoms with Gasteiger partial charge in [0.15, 0.2) is 0 Å². The number of hydrogen-bond acceptors (Lipinski definition) is 4. The van der Waals surface area contributed by atoms with E-state index in [1.54, 1.807) is 36.3 Å². The van der Waals surface area contributed by atoms with Gasteiger partial charge in [0.2, 0.25) is 5.91 Å². The Balaban J connectivity index is 1.63. The summed E-state index contributed by atoms with van der Waals surface area (Å²) < 4.78 is 5.20. The van der Waals surface area contributed by atoms with Crippen molar-refractivity contribution < 1.29 is 19.1 Å². The molecular weight excluding hydrogens is 404 g/mol. The smallest absolute Gasteiger partial charge is 0.257 e. The lowest BCUT2D eigenvalue weighted by Gasteiger charge is -2.33. The van der Waals surface area contributed by atoms with Crippen LogP contribution in [0.2, 0.25) is 0 Å². The van der Waals surface area contributed by atoms with Crippen LogP contribution in [0.15, 0.2) is 48.5 Å². The minimum Gasteiger partial charge on any atom is -0.497 e. The highest BCUT2D eigenvalue weighted by atomic mass is 16.5. The van der Waals surface area contributed by atoms with Crippen LogP contribution in [-0.4, -0.2) is 41.8 Å². The van der Waals surface area contributed by atoms with Crippen molar-refractivity contribution in [2.75, 3.05) is 12.0 Å². The van der Waals surface area contributed by atoms with Crippen LogP contribution in [-0.2, 0) is 9.59 Å². The van der Waals surface area contributed by atoms with Crippen LogP contribution in [0.4, 0.5) is 5.69 Å². The number of carbonyl (C=O) groups excluding carboxylic acids is 3. The lowest BCUT2D eigenvalue weighted by Crippen LogP contribution is -2.50. The minimum atomic E-state index is -0.773. The molecule has 0 aromatic heterocycles. The lowest BCUT2D eigenvalue weighted by molar-refractivity contribution is -0.123. The molecule has 1 saturated heterocycles. The van der Waals surface area contributed by atoms with Gasteiger partial charge in [-0.2, -0.15) is 0 Å². The van der Waals surface area contributed by atoms with Gasteiger partial charge in [0.05, 0.1) is 19.2 Å². The zero-order chi connectivity index (χ0) is 22.8. The minimum absolute atomic E-state index is 0.0170. The first-order chi connectivity index (χ1) is 15.4. The van der Waals surface area contributed by atoms with E-state index in [1.807, 2.05) is 24.3 Å². The standard InChI is InChI=1S/C26H30N2O4/c1-17(2)18-8-12-21(13-9-18)28-24(29)16-23(26(28)31)27(20-6-4-5-7-20)25(30)19-10-14-22(32-3)15-11-19/h8-15,17,20,23H,4-7,16H2,1-3H3. The first kappa shape index (κ1) is 22.1. The molecule has 168 valence electrons. The fraction of sp³-hybridized carbons (Fsp3) is 0.423. The van der Waals surface area contributed by atoms with Gasteiger partial charge in [0.1, 0.15) is 11.8 Å². The third-order valence-electron chi connectivity index (χ3n) is 6.57. The first-order valence-electron chi connectivity index (χ1n) is 11.3. The number of benzene rings is 2. The van der Waals surface area contributed by atoms with Gasteiger partial charge in [-0.05, 0) is 60.7 Å². The molecule has 2 aromatic carbocycles. The fourth-order valence-corrected chi connectivity index (χ4v) is 4.74. The highest BCUT2D eigenvalue weighted by Crippen LogP contribution is 2.33. The number of amides is 3. The van der Waals surface area contributed by atoms with Gasteiger partial charge in [0.25, 0.3) is 11.8 Å². The van der Waals surface area contributed by atoms with E-state index in [4.69, 9.17) is 4.74 Å². The molecule has 1 atom stereocenters. The molecule has 0 spiro atoms. The Labute approximate surface area is 189 Å². The van der Waals surface area contributed by atoms with Gasteiger partial charge in [-0.25, -0.2) is 4.90 Å². The van der Waals surface area contributed by atoms with E-state index in [1.165, 1.54) is 4.90 Å². The third kappa shape index (κ3) is 4.14. The quantitative estimate of drug-likeness (QED) is 0.626. The molecule has 3 amide bonds. The number of anilines is 1. The first-order valence-corrected chi connectivity index (χ1v) is 11.3.